The van der Waals surface area contributed by atoms with Crippen molar-refractivity contribution >= 4 is 40.9 Å². The van der Waals surface area contributed by atoms with Crippen molar-refractivity contribution in [2.75, 3.05) is 12.4 Å². The van der Waals surface area contributed by atoms with Crippen LogP contribution in [0.25, 0.3) is 0 Å². The number of ether oxygens (including phenoxy) is 2. The number of nitrogens with two attached hydrogens (primary N) is 1. The number of hydrogen-bond donors (Lipinski definition) is 1. The average Bonchev–Trinajstić information content (AvgIpc) is 2.81. The summed E-state index contributed by atoms with van der Waals surface area (Å²) < 4.78 is 11.6. The molecule has 166 valence electrons. The van der Waals surface area contributed by atoms with Gasteiger partial charge in [0.25, 0.3) is 5.91 Å². The van der Waals surface area contributed by atoms with Crippen LogP contribution >= 0.6 is 24.0 Å². The monoisotopic (exact) mass is 468 g/mol. The van der Waals surface area contributed by atoms with Crippen molar-refractivity contribution in [1.29, 1.82) is 0 Å². The summed E-state index contributed by atoms with van der Waals surface area (Å²) >= 11 is 7.27. The van der Waals surface area contributed by atoms with Crippen molar-refractivity contribution < 1.29 is 19.1 Å². The summed E-state index contributed by atoms with van der Waals surface area (Å²) in [6, 6.07) is 19.5. The maximum Gasteiger partial charge on any atom is 0.302 e. The molecule has 1 fully saturated rings. The highest BCUT2D eigenvalue weighted by Crippen LogP contribution is 2.45. The van der Waals surface area contributed by atoms with E-state index in [1.807, 2.05) is 60.7 Å². The minimum absolute atomic E-state index is 0.0420. The Kier molecular flexibility index (Phi) is 6.37. The average molecular weight is 469 g/mol. The van der Waals surface area contributed by atoms with E-state index in [0.717, 1.165) is 16.7 Å². The van der Waals surface area contributed by atoms with Crippen molar-refractivity contribution in [2.24, 2.45) is 5.73 Å². The number of esters is 1. The van der Waals surface area contributed by atoms with E-state index in [4.69, 9.17) is 27.4 Å². The third-order valence-corrected chi connectivity index (χ3v) is 7.31. The molecule has 0 spiro atoms. The summed E-state index contributed by atoms with van der Waals surface area (Å²) in [5.41, 5.74) is 8.33. The number of benzene rings is 2. The van der Waals surface area contributed by atoms with Crippen LogP contribution in [0.3, 0.4) is 0 Å². The van der Waals surface area contributed by atoms with Gasteiger partial charge in [-0.1, -0.05) is 60.7 Å². The van der Waals surface area contributed by atoms with Gasteiger partial charge >= 0.3 is 5.97 Å². The third-order valence-electron chi connectivity index (χ3n) is 5.49. The van der Waals surface area contributed by atoms with E-state index in [2.05, 4.69) is 0 Å². The van der Waals surface area contributed by atoms with Crippen LogP contribution in [0.15, 0.2) is 71.9 Å². The number of fused-ring (bicyclic) bond motifs is 1. The van der Waals surface area contributed by atoms with E-state index in [1.165, 1.54) is 18.7 Å². The van der Waals surface area contributed by atoms with E-state index in [0.29, 0.717) is 11.4 Å². The summed E-state index contributed by atoms with van der Waals surface area (Å²) in [4.78, 5) is 25.9. The zero-order chi connectivity index (χ0) is 22.9. The first-order valence-corrected chi connectivity index (χ1v) is 11.7. The molecule has 1 amide bonds. The summed E-state index contributed by atoms with van der Waals surface area (Å²) in [6.07, 6.45) is -0.457. The van der Waals surface area contributed by atoms with Gasteiger partial charge in [-0.15, -0.1) is 11.8 Å². The maximum absolute atomic E-state index is 12.9. The molecule has 2 aliphatic rings. The number of amides is 1. The number of β-lactam (4-membered cyclic amide) rings is 1. The molecule has 2 aliphatic heterocycles. The molecule has 6 nitrogen and oxygen atoms in total. The van der Waals surface area contributed by atoms with Crippen LogP contribution in [0, 0.1) is 0 Å². The first kappa shape index (κ1) is 22.5. The third kappa shape index (κ3) is 4.18. The molecule has 0 aromatic heterocycles. The molecular weight excluding hydrogens is 444 g/mol. The molecule has 0 saturated carbocycles. The number of carbonyl (C=O) groups is 2. The van der Waals surface area contributed by atoms with Gasteiger partial charge in [0, 0.05) is 18.2 Å². The molecule has 2 aromatic rings. The Morgan fingerprint density at radius 2 is 1.75 bits per heavy atom. The largest absolute Gasteiger partial charge is 0.469 e. The Balaban J connectivity index is 1.70. The molecule has 32 heavy (non-hydrogen) atoms. The van der Waals surface area contributed by atoms with Crippen molar-refractivity contribution in [3.8, 4) is 0 Å². The second-order valence-electron chi connectivity index (χ2n) is 7.96. The quantitative estimate of drug-likeness (QED) is 0.394. The summed E-state index contributed by atoms with van der Waals surface area (Å²) in [7, 11) is 0. The molecule has 0 aliphatic carbocycles. The van der Waals surface area contributed by atoms with Crippen LogP contribution in [-0.2, 0) is 19.1 Å². The fraction of sp³-hybridized carbons (Fsp3) is 0.292. The molecule has 8 heteroatoms. The molecule has 2 heterocycles. The second-order valence-corrected chi connectivity index (χ2v) is 9.40. The molecule has 2 N–H and O–H groups in total. The lowest BCUT2D eigenvalue weighted by atomic mass is 9.90. The zero-order valence-electron chi connectivity index (χ0n) is 17.8. The van der Waals surface area contributed by atoms with E-state index < -0.39 is 17.6 Å². The lowest BCUT2D eigenvalue weighted by Crippen LogP contribution is -2.76. The molecular formula is C24H24N2O4S2. The van der Waals surface area contributed by atoms with Gasteiger partial charge in [-0.25, -0.2) is 0 Å². The van der Waals surface area contributed by atoms with Crippen LogP contribution in [0.1, 0.15) is 31.1 Å². The van der Waals surface area contributed by atoms with Crippen molar-refractivity contribution in [1.82, 2.24) is 4.90 Å². The Morgan fingerprint density at radius 1 is 1.19 bits per heavy atom. The number of rotatable bonds is 6. The number of carbonyl (C=O) groups excluding carboxylic acids is 2. The van der Waals surface area contributed by atoms with Crippen LogP contribution in [0.5, 0.6) is 0 Å². The topological polar surface area (TPSA) is 81.9 Å². The number of thiocarbonyl (C=S) groups is 1. The van der Waals surface area contributed by atoms with Gasteiger partial charge in [0.05, 0.1) is 0 Å². The SMILES string of the molecule is CC(=O)OCC1=C(C(=S)OC(c2ccccc2)c2ccccc2)N2C(=O)[C@@](C)(N)[C@H]2SC1. The molecule has 0 bridgehead atoms. The smallest absolute Gasteiger partial charge is 0.302 e. The molecule has 4 rings (SSSR count). The van der Waals surface area contributed by atoms with E-state index in [9.17, 15) is 9.59 Å². The Bertz CT molecular complexity index is 1030. The van der Waals surface area contributed by atoms with Gasteiger partial charge in [-0.3, -0.25) is 14.5 Å². The molecule has 2 atom stereocenters. The van der Waals surface area contributed by atoms with Gasteiger partial charge in [0.2, 0.25) is 5.05 Å². The normalized spacial score (nSPS) is 22.3. The summed E-state index contributed by atoms with van der Waals surface area (Å²) in [5.74, 6) is -0.0953. The Morgan fingerprint density at radius 3 is 2.28 bits per heavy atom. The summed E-state index contributed by atoms with van der Waals surface area (Å²) in [5, 5.41) is -0.0708. The predicted octanol–water partition coefficient (Wildman–Crippen LogP) is 3.57. The predicted molar refractivity (Wildman–Crippen MR) is 128 cm³/mol. The van der Waals surface area contributed by atoms with E-state index in [1.54, 1.807) is 11.8 Å². The van der Waals surface area contributed by atoms with Gasteiger partial charge in [0.15, 0.2) is 0 Å². The van der Waals surface area contributed by atoms with Crippen LogP contribution in [0.2, 0.25) is 0 Å². The first-order valence-electron chi connectivity index (χ1n) is 10.2. The highest BCUT2D eigenvalue weighted by molar-refractivity contribution is 8.00. The van der Waals surface area contributed by atoms with Gasteiger partial charge in [-0.2, -0.15) is 0 Å². The first-order chi connectivity index (χ1) is 15.3. The van der Waals surface area contributed by atoms with Gasteiger partial charge in [-0.05, 0) is 30.3 Å². The van der Waals surface area contributed by atoms with E-state index in [-0.39, 0.29) is 22.9 Å². The Labute approximate surface area is 196 Å². The molecule has 0 unspecified atom stereocenters. The lowest BCUT2D eigenvalue weighted by Gasteiger charge is -2.54. The zero-order valence-corrected chi connectivity index (χ0v) is 19.4. The number of thioether (sulfide) groups is 1. The maximum atomic E-state index is 12.9. The highest BCUT2D eigenvalue weighted by atomic mass is 32.2. The minimum Gasteiger partial charge on any atom is -0.469 e. The van der Waals surface area contributed by atoms with Crippen LogP contribution in [-0.4, -0.2) is 45.1 Å². The highest BCUT2D eigenvalue weighted by Gasteiger charge is 2.59. The summed E-state index contributed by atoms with van der Waals surface area (Å²) in [6.45, 7) is 3.11. The van der Waals surface area contributed by atoms with Gasteiger partial charge in [0.1, 0.15) is 29.3 Å². The second kappa shape index (κ2) is 9.05. The number of hydrogen-bond acceptors (Lipinski definition) is 7. The molecule has 2 aromatic carbocycles. The van der Waals surface area contributed by atoms with Crippen molar-refractivity contribution in [3.05, 3.63) is 83.1 Å². The Hall–Kier alpha value is -2.68. The standard InChI is InChI=1S/C24H24N2O4S2/c1-15(27)29-13-18-14-32-23-24(2,25)22(28)26(23)19(18)21(31)30-20(16-9-5-3-6-10-16)17-11-7-4-8-12-17/h3-12,20,23H,13-14,25H2,1-2H3/t23-,24-/m1/s1. The lowest BCUT2D eigenvalue weighted by molar-refractivity contribution is -0.148. The molecule has 1 saturated heterocycles. The molecule has 0 radical (unpaired) electrons. The van der Waals surface area contributed by atoms with E-state index >= 15 is 0 Å². The van der Waals surface area contributed by atoms with Crippen LogP contribution in [0.4, 0.5) is 0 Å². The minimum atomic E-state index is -0.975. The van der Waals surface area contributed by atoms with Gasteiger partial charge < -0.3 is 15.2 Å². The van der Waals surface area contributed by atoms with Crippen molar-refractivity contribution in [2.45, 2.75) is 30.9 Å². The fourth-order valence-corrected chi connectivity index (χ4v) is 5.56. The number of nitrogens with zero attached hydrogens (tertiary/aromatic N) is 1. The fourth-order valence-electron chi connectivity index (χ4n) is 3.85. The van der Waals surface area contributed by atoms with Crippen molar-refractivity contribution in [3.63, 3.8) is 0 Å². The van der Waals surface area contributed by atoms with Crippen LogP contribution < -0.4 is 5.73 Å².